The summed E-state index contributed by atoms with van der Waals surface area (Å²) in [6.07, 6.45) is -4.97. The molecule has 4 heterocycles. The Morgan fingerprint density at radius 1 is 0.453 bits per heavy atom. The van der Waals surface area contributed by atoms with E-state index in [0.717, 1.165) is 25.6 Å². The number of benzene rings is 4. The van der Waals surface area contributed by atoms with Gasteiger partial charge in [0.2, 0.25) is 0 Å². The number of para-hydroxylation sites is 2. The predicted octanol–water partition coefficient (Wildman–Crippen LogP) is 6.61. The van der Waals surface area contributed by atoms with Gasteiger partial charge in [-0.25, -0.2) is 9.36 Å². The third-order valence-corrected chi connectivity index (χ3v) is 12.8. The first-order valence-electron chi connectivity index (χ1n) is 23.5. The van der Waals surface area contributed by atoms with Crippen LogP contribution in [-0.2, 0) is 66.7 Å². The van der Waals surface area contributed by atoms with Crippen molar-refractivity contribution in [1.29, 1.82) is 0 Å². The lowest BCUT2D eigenvalue weighted by atomic mass is 9.96. The Bertz CT molecular complexity index is 2740. The molecule has 2 aliphatic rings. The monoisotopic (exact) mass is 1050 g/mol. The lowest BCUT2D eigenvalue weighted by molar-refractivity contribution is -0.217. The topological polar surface area (TPSA) is 256 Å². The van der Waals surface area contributed by atoms with Crippen LogP contribution >= 0.6 is 11.8 Å². The minimum Gasteiger partial charge on any atom is -0.463 e. The summed E-state index contributed by atoms with van der Waals surface area (Å²) in [5.74, 6) is -2.09. The van der Waals surface area contributed by atoms with E-state index in [0.29, 0.717) is 45.5 Å². The summed E-state index contributed by atoms with van der Waals surface area (Å²) < 4.78 is 62.7. The van der Waals surface area contributed by atoms with Gasteiger partial charge in [-0.15, -0.1) is 10.2 Å². The molecule has 0 amide bonds. The van der Waals surface area contributed by atoms with Crippen LogP contribution in [0.1, 0.15) is 53.6 Å². The molecule has 2 saturated heterocycles. The Hall–Kier alpha value is -8.15. The Morgan fingerprint density at radius 3 is 1.12 bits per heavy atom. The zero-order valence-corrected chi connectivity index (χ0v) is 42.2. The number of esters is 6. The first kappa shape index (κ1) is 53.2. The third-order valence-electron chi connectivity index (χ3n) is 11.5. The highest BCUT2D eigenvalue weighted by atomic mass is 32.2. The molecule has 75 heavy (non-hydrogen) atoms. The van der Waals surface area contributed by atoms with E-state index < -0.39 is 109 Å². The molecule has 2 fully saturated rings. The van der Waals surface area contributed by atoms with Crippen molar-refractivity contribution in [2.75, 3.05) is 13.2 Å². The van der Waals surface area contributed by atoms with Gasteiger partial charge in [-0.2, -0.15) is 0 Å². The number of ether oxygens (including phenoxy) is 10. The molecule has 0 aliphatic carbocycles. The summed E-state index contributed by atoms with van der Waals surface area (Å²) in [5.41, 5.74) is -0.778. The Balaban J connectivity index is 1.17. The molecule has 10 atom stereocenters. The molecule has 4 aromatic carbocycles. The molecule has 2 aliphatic heterocycles. The molecular weight excluding hydrogens is 997 g/mol. The zero-order chi connectivity index (χ0) is 53.2. The quantitative estimate of drug-likeness (QED) is 0.0648. The van der Waals surface area contributed by atoms with Gasteiger partial charge in [-0.05, 0) is 72.8 Å². The maximum atomic E-state index is 13.2. The van der Waals surface area contributed by atoms with Gasteiger partial charge < -0.3 is 47.4 Å². The van der Waals surface area contributed by atoms with E-state index in [2.05, 4.69) is 20.6 Å². The lowest BCUT2D eigenvalue weighted by Gasteiger charge is -2.48. The molecule has 0 unspecified atom stereocenters. The SMILES string of the molecule is CC(=O)OC[C@H]1O[C@@H](S[C@@H]2O[C@H](COC(C)=O)[C@H](OC(C)=O)[C@H](n3cc(-c4ccc(Oc5ccccc5)cc4)nn3)[C@H]2OC(C)=O)[C@H](OC(C)=O)[C@@H](n2cc(-c3ccc(Oc4ccccc4)cc3)nn2)[C@H]1OC(C)=O. The standard InChI is InChI=1S/C52H52N6O16S/c1-29(59)65-27-43-47(67-31(3)61)45(57-25-41(53-55-57)35-17-21-39(22-18-35)71-37-13-9-7-10-14-37)49(69-33(5)63)51(73-43)75-52-50(70-34(6)64)46(48(68-32(4)62)44(74-52)28-66-30(2)60)58-26-42(54-56-58)36-19-23-40(24-20-36)72-38-15-11-8-12-16-38/h7-26,43-52H,27-28H2,1-6H3/t43-,44-,45+,46+,47+,48+,49-,50-,51+,52+/m1/s1. The fourth-order valence-electron chi connectivity index (χ4n) is 8.47. The Kier molecular flexibility index (Phi) is 17.2. The van der Waals surface area contributed by atoms with Gasteiger partial charge in [0.05, 0.1) is 12.4 Å². The van der Waals surface area contributed by atoms with Crippen molar-refractivity contribution in [2.45, 2.75) is 101 Å². The number of carbonyl (C=O) groups excluding carboxylic acids is 6. The number of thioether (sulfide) groups is 1. The van der Waals surface area contributed by atoms with E-state index in [1.807, 2.05) is 60.7 Å². The number of nitrogens with zero attached hydrogens (tertiary/aromatic N) is 6. The van der Waals surface area contributed by atoms with Crippen molar-refractivity contribution in [2.24, 2.45) is 0 Å². The molecule has 0 bridgehead atoms. The van der Waals surface area contributed by atoms with Crippen LogP contribution in [-0.4, -0.2) is 127 Å². The highest BCUT2D eigenvalue weighted by Gasteiger charge is 2.57. The average Bonchev–Trinajstić information content (AvgIpc) is 4.08. The molecule has 8 rings (SSSR count). The van der Waals surface area contributed by atoms with E-state index in [1.165, 1.54) is 37.1 Å². The van der Waals surface area contributed by atoms with E-state index in [-0.39, 0.29) is 0 Å². The second kappa shape index (κ2) is 24.3. The Labute approximate surface area is 433 Å². The second-order valence-corrected chi connectivity index (χ2v) is 18.4. The first-order valence-corrected chi connectivity index (χ1v) is 24.4. The van der Waals surface area contributed by atoms with Gasteiger partial charge in [-0.3, -0.25) is 28.8 Å². The van der Waals surface area contributed by atoms with Gasteiger partial charge in [0.15, 0.2) is 24.4 Å². The van der Waals surface area contributed by atoms with Crippen molar-refractivity contribution in [3.8, 4) is 45.5 Å². The van der Waals surface area contributed by atoms with Crippen LogP contribution in [0.3, 0.4) is 0 Å². The number of hydrogen-bond acceptors (Lipinski definition) is 21. The minimum atomic E-state index is -1.42. The van der Waals surface area contributed by atoms with Gasteiger partial charge in [0, 0.05) is 52.7 Å². The van der Waals surface area contributed by atoms with Gasteiger partial charge in [-0.1, -0.05) is 58.6 Å². The largest absolute Gasteiger partial charge is 0.463 e. The smallest absolute Gasteiger partial charge is 0.303 e. The van der Waals surface area contributed by atoms with Gasteiger partial charge >= 0.3 is 35.8 Å². The lowest BCUT2D eigenvalue weighted by Crippen LogP contribution is -2.61. The molecule has 0 saturated carbocycles. The van der Waals surface area contributed by atoms with Crippen LogP contribution in [0.2, 0.25) is 0 Å². The van der Waals surface area contributed by atoms with E-state index in [9.17, 15) is 28.8 Å². The van der Waals surface area contributed by atoms with Crippen LogP contribution in [0.5, 0.6) is 23.0 Å². The summed E-state index contributed by atoms with van der Waals surface area (Å²) >= 11 is 0.856. The highest BCUT2D eigenvalue weighted by Crippen LogP contribution is 2.46. The van der Waals surface area contributed by atoms with Crippen LogP contribution < -0.4 is 9.47 Å². The molecule has 392 valence electrons. The van der Waals surface area contributed by atoms with E-state index in [1.54, 1.807) is 60.9 Å². The zero-order valence-electron chi connectivity index (χ0n) is 41.4. The maximum Gasteiger partial charge on any atom is 0.303 e. The number of aromatic nitrogens is 6. The highest BCUT2D eigenvalue weighted by molar-refractivity contribution is 8.00. The van der Waals surface area contributed by atoms with Crippen molar-refractivity contribution >= 4 is 47.6 Å². The van der Waals surface area contributed by atoms with Crippen LogP contribution in [0.25, 0.3) is 22.5 Å². The predicted molar refractivity (Wildman–Crippen MR) is 262 cm³/mol. The van der Waals surface area contributed by atoms with Crippen LogP contribution in [0, 0.1) is 0 Å². The molecular formula is C52H52N6O16S. The molecule has 6 aromatic rings. The summed E-state index contributed by atoms with van der Waals surface area (Å²) in [5, 5.41) is 17.7. The van der Waals surface area contributed by atoms with E-state index in [4.69, 9.17) is 47.4 Å². The summed E-state index contributed by atoms with van der Waals surface area (Å²) in [4.78, 5) is 77.0. The summed E-state index contributed by atoms with van der Waals surface area (Å²) in [6, 6.07) is 30.0. The van der Waals surface area contributed by atoms with Gasteiger partial charge in [0.25, 0.3) is 0 Å². The number of rotatable bonds is 18. The molecule has 2 aromatic heterocycles. The van der Waals surface area contributed by atoms with Crippen LogP contribution in [0.15, 0.2) is 122 Å². The molecule has 23 heteroatoms. The number of carbonyl (C=O) groups is 6. The first-order chi connectivity index (χ1) is 36.1. The van der Waals surface area contributed by atoms with E-state index >= 15 is 0 Å². The molecule has 22 nitrogen and oxygen atoms in total. The fraction of sp³-hybridized carbons (Fsp3) is 0.346. The Morgan fingerprint density at radius 2 is 0.787 bits per heavy atom. The summed E-state index contributed by atoms with van der Waals surface area (Å²) in [7, 11) is 0. The average molecular weight is 1050 g/mol. The molecule has 0 N–H and O–H groups in total. The van der Waals surface area contributed by atoms with Crippen LogP contribution in [0.4, 0.5) is 0 Å². The maximum absolute atomic E-state index is 13.2. The molecule has 0 spiro atoms. The second-order valence-electron chi connectivity index (χ2n) is 17.2. The van der Waals surface area contributed by atoms with Gasteiger partial charge in [0.1, 0.15) is 82.8 Å². The molecule has 0 radical (unpaired) electrons. The summed E-state index contributed by atoms with van der Waals surface area (Å²) in [6.45, 7) is 6.09. The normalized spacial score (nSPS) is 23.2. The van der Waals surface area contributed by atoms with Crippen molar-refractivity contribution in [3.63, 3.8) is 0 Å². The fourth-order valence-corrected chi connectivity index (χ4v) is 9.89. The third kappa shape index (κ3) is 13.7. The number of hydrogen-bond donors (Lipinski definition) is 0. The van der Waals surface area contributed by atoms with Crippen molar-refractivity contribution in [3.05, 3.63) is 122 Å². The van der Waals surface area contributed by atoms with Crippen molar-refractivity contribution < 1.29 is 76.1 Å². The van der Waals surface area contributed by atoms with Crippen molar-refractivity contribution in [1.82, 2.24) is 30.0 Å². The minimum absolute atomic E-state index is 0.360.